The van der Waals surface area contributed by atoms with E-state index in [1.165, 1.54) is 0 Å². The molecule has 0 aliphatic heterocycles. The molecule has 0 bridgehead atoms. The Bertz CT molecular complexity index is 267. The minimum atomic E-state index is -0.617. The van der Waals surface area contributed by atoms with Crippen molar-refractivity contribution >= 4 is 18.1 Å². The monoisotopic (exact) mass is 243 g/mol. The largest absolute Gasteiger partial charge is 0.348 e. The lowest BCUT2D eigenvalue weighted by molar-refractivity contribution is -0.129. The maximum absolute atomic E-state index is 11.6. The van der Waals surface area contributed by atoms with Gasteiger partial charge in [-0.05, 0) is 18.8 Å². The molecular weight excluding hydrogens is 222 g/mol. The van der Waals surface area contributed by atoms with E-state index in [1.54, 1.807) is 0 Å². The van der Waals surface area contributed by atoms with Crippen LogP contribution in [0.4, 0.5) is 0 Å². The third-order valence-electron chi connectivity index (χ3n) is 2.23. The Morgan fingerprint density at radius 1 is 1.29 bits per heavy atom. The van der Waals surface area contributed by atoms with Crippen molar-refractivity contribution in [2.45, 2.75) is 32.7 Å². The van der Waals surface area contributed by atoms with Crippen molar-refractivity contribution in [2.75, 3.05) is 13.1 Å². The number of carbonyl (C=O) groups is 3. The van der Waals surface area contributed by atoms with Crippen molar-refractivity contribution in [3.8, 4) is 0 Å². The molecule has 1 unspecified atom stereocenters. The van der Waals surface area contributed by atoms with Gasteiger partial charge in [-0.2, -0.15) is 0 Å². The van der Waals surface area contributed by atoms with Crippen LogP contribution >= 0.6 is 0 Å². The Labute approximate surface area is 101 Å². The molecule has 6 heteroatoms. The maximum Gasteiger partial charge on any atom is 0.242 e. The molecule has 0 saturated heterocycles. The second-order valence-electron chi connectivity index (χ2n) is 4.21. The molecule has 0 saturated carbocycles. The highest BCUT2D eigenvalue weighted by molar-refractivity contribution is 5.89. The summed E-state index contributed by atoms with van der Waals surface area (Å²) in [5.41, 5.74) is 5.18. The zero-order chi connectivity index (χ0) is 13.3. The molecule has 0 heterocycles. The zero-order valence-corrected chi connectivity index (χ0v) is 10.4. The van der Waals surface area contributed by atoms with Gasteiger partial charge < -0.3 is 21.2 Å². The van der Waals surface area contributed by atoms with E-state index in [2.05, 4.69) is 10.6 Å². The van der Waals surface area contributed by atoms with Crippen molar-refractivity contribution in [1.29, 1.82) is 0 Å². The highest BCUT2D eigenvalue weighted by Crippen LogP contribution is 2.07. The average Bonchev–Trinajstić information content (AvgIpc) is 2.30. The first-order chi connectivity index (χ1) is 8.01. The molecule has 4 N–H and O–H groups in total. The summed E-state index contributed by atoms with van der Waals surface area (Å²) in [5.74, 6) is -0.286. The van der Waals surface area contributed by atoms with Crippen LogP contribution in [0.5, 0.6) is 0 Å². The summed E-state index contributed by atoms with van der Waals surface area (Å²) in [6.45, 7) is 3.87. The Kier molecular flexibility index (Phi) is 7.96. The quantitative estimate of drug-likeness (QED) is 0.485. The molecule has 0 fully saturated rings. The number of nitrogens with two attached hydrogens (primary N) is 1. The fourth-order valence-corrected chi connectivity index (χ4v) is 1.29. The Hall–Kier alpha value is -1.43. The molecule has 0 aromatic heterocycles. The number of amides is 2. The first-order valence-electron chi connectivity index (χ1n) is 5.72. The molecule has 0 aliphatic carbocycles. The number of aldehydes is 1. The molecule has 6 nitrogen and oxygen atoms in total. The van der Waals surface area contributed by atoms with Gasteiger partial charge in [-0.3, -0.25) is 9.59 Å². The second-order valence-corrected chi connectivity index (χ2v) is 4.21. The van der Waals surface area contributed by atoms with E-state index in [4.69, 9.17) is 5.73 Å². The molecular formula is C11H21N3O3. The third-order valence-corrected chi connectivity index (χ3v) is 2.23. The van der Waals surface area contributed by atoms with Crippen molar-refractivity contribution in [1.82, 2.24) is 10.6 Å². The standard InChI is InChI=1S/C11H21N3O3/c1-8(2)3-4-9(14-10(16)7-12)11(17)13-5-6-15/h6,8-9H,3-5,7,12H2,1-2H3,(H,13,17)(H,14,16). The van der Waals surface area contributed by atoms with Crippen LogP contribution in [0.3, 0.4) is 0 Å². The number of carbonyl (C=O) groups excluding carboxylic acids is 3. The van der Waals surface area contributed by atoms with Crippen LogP contribution < -0.4 is 16.4 Å². The fourth-order valence-electron chi connectivity index (χ4n) is 1.29. The predicted octanol–water partition coefficient (Wildman–Crippen LogP) is -0.819. The Morgan fingerprint density at radius 2 is 1.94 bits per heavy atom. The molecule has 0 aromatic rings. The molecule has 17 heavy (non-hydrogen) atoms. The lowest BCUT2D eigenvalue weighted by Crippen LogP contribution is -2.48. The first kappa shape index (κ1) is 15.6. The Balaban J connectivity index is 4.31. The second kappa shape index (κ2) is 8.69. The summed E-state index contributed by atoms with van der Waals surface area (Å²) in [7, 11) is 0. The van der Waals surface area contributed by atoms with Gasteiger partial charge in [-0.1, -0.05) is 13.8 Å². The number of hydrogen-bond donors (Lipinski definition) is 3. The number of nitrogens with one attached hydrogen (secondary N) is 2. The number of rotatable bonds is 8. The van der Waals surface area contributed by atoms with E-state index < -0.39 is 6.04 Å². The number of hydrogen-bond acceptors (Lipinski definition) is 4. The molecule has 1 atom stereocenters. The van der Waals surface area contributed by atoms with Gasteiger partial charge in [-0.25, -0.2) is 0 Å². The molecule has 0 spiro atoms. The molecule has 0 aliphatic rings. The predicted molar refractivity (Wildman–Crippen MR) is 64.1 cm³/mol. The van der Waals surface area contributed by atoms with Crippen molar-refractivity contribution in [3.63, 3.8) is 0 Å². The van der Waals surface area contributed by atoms with Gasteiger partial charge in [0.2, 0.25) is 11.8 Å². The summed E-state index contributed by atoms with van der Waals surface area (Å²) in [5, 5.41) is 4.96. The van der Waals surface area contributed by atoms with Crippen LogP contribution in [0.15, 0.2) is 0 Å². The first-order valence-corrected chi connectivity index (χ1v) is 5.72. The molecule has 2 amide bonds. The van der Waals surface area contributed by atoms with E-state index >= 15 is 0 Å². The molecule has 98 valence electrons. The van der Waals surface area contributed by atoms with Crippen LogP contribution in [0.1, 0.15) is 26.7 Å². The smallest absolute Gasteiger partial charge is 0.242 e. The van der Waals surface area contributed by atoms with Crippen molar-refractivity contribution < 1.29 is 14.4 Å². The molecule has 0 rings (SSSR count). The third kappa shape index (κ3) is 7.46. The summed E-state index contributed by atoms with van der Waals surface area (Å²) in [6, 6.07) is -0.617. The minimum absolute atomic E-state index is 0.0461. The van der Waals surface area contributed by atoms with Crippen LogP contribution in [0, 0.1) is 5.92 Å². The van der Waals surface area contributed by atoms with Gasteiger partial charge in [0.15, 0.2) is 0 Å². The van der Waals surface area contributed by atoms with E-state index in [1.807, 2.05) is 13.8 Å². The van der Waals surface area contributed by atoms with Crippen molar-refractivity contribution in [2.24, 2.45) is 11.7 Å². The van der Waals surface area contributed by atoms with Crippen molar-refractivity contribution in [3.05, 3.63) is 0 Å². The SMILES string of the molecule is CC(C)CCC(NC(=O)CN)C(=O)NCC=O. The summed E-state index contributed by atoms with van der Waals surface area (Å²) >= 11 is 0. The summed E-state index contributed by atoms with van der Waals surface area (Å²) in [4.78, 5) is 33.0. The minimum Gasteiger partial charge on any atom is -0.348 e. The topological polar surface area (TPSA) is 101 Å². The van der Waals surface area contributed by atoms with Crippen LogP contribution in [-0.4, -0.2) is 37.2 Å². The maximum atomic E-state index is 11.6. The highest BCUT2D eigenvalue weighted by Gasteiger charge is 2.19. The van der Waals surface area contributed by atoms with Crippen LogP contribution in [0.25, 0.3) is 0 Å². The van der Waals surface area contributed by atoms with E-state index in [9.17, 15) is 14.4 Å². The van der Waals surface area contributed by atoms with E-state index in [0.29, 0.717) is 18.6 Å². The lowest BCUT2D eigenvalue weighted by Gasteiger charge is -2.18. The van der Waals surface area contributed by atoms with E-state index in [0.717, 1.165) is 6.42 Å². The Morgan fingerprint density at radius 3 is 2.41 bits per heavy atom. The van der Waals surface area contributed by atoms with Gasteiger partial charge in [0.1, 0.15) is 12.3 Å². The van der Waals surface area contributed by atoms with E-state index in [-0.39, 0.29) is 24.9 Å². The molecule has 0 radical (unpaired) electrons. The van der Waals surface area contributed by atoms with Gasteiger partial charge >= 0.3 is 0 Å². The summed E-state index contributed by atoms with van der Waals surface area (Å²) < 4.78 is 0. The van der Waals surface area contributed by atoms with Gasteiger partial charge in [0.05, 0.1) is 13.1 Å². The average molecular weight is 243 g/mol. The lowest BCUT2D eigenvalue weighted by atomic mass is 10.0. The molecule has 0 aromatic carbocycles. The van der Waals surface area contributed by atoms with Gasteiger partial charge in [0, 0.05) is 0 Å². The fraction of sp³-hybridized carbons (Fsp3) is 0.727. The van der Waals surface area contributed by atoms with Gasteiger partial charge in [0.25, 0.3) is 0 Å². The van der Waals surface area contributed by atoms with Gasteiger partial charge in [-0.15, -0.1) is 0 Å². The highest BCUT2D eigenvalue weighted by atomic mass is 16.2. The van der Waals surface area contributed by atoms with Crippen LogP contribution in [0.2, 0.25) is 0 Å². The zero-order valence-electron chi connectivity index (χ0n) is 10.4. The van der Waals surface area contributed by atoms with Crippen LogP contribution in [-0.2, 0) is 14.4 Å². The summed E-state index contributed by atoms with van der Waals surface area (Å²) in [6.07, 6.45) is 1.94. The normalized spacial score (nSPS) is 12.0.